The second-order valence-electron chi connectivity index (χ2n) is 12.4. The number of carbonyl (C=O) groups is 5. The van der Waals surface area contributed by atoms with E-state index in [0.717, 1.165) is 0 Å². The number of hydrogen-bond acceptors (Lipinski definition) is 11. The van der Waals surface area contributed by atoms with Crippen LogP contribution in [0.5, 0.6) is 0 Å². The third-order valence-corrected chi connectivity index (χ3v) is 6.98. The number of rotatable bonds is 12. The number of amides is 1. The van der Waals surface area contributed by atoms with Crippen molar-refractivity contribution in [3.63, 3.8) is 0 Å². The molecule has 228 valence electrons. The van der Waals surface area contributed by atoms with Crippen molar-refractivity contribution in [2.24, 2.45) is 29.5 Å². The monoisotopic (exact) mass is 570 g/mol. The van der Waals surface area contributed by atoms with Crippen LogP contribution in [0.2, 0.25) is 0 Å². The molecule has 12 nitrogen and oxygen atoms in total. The van der Waals surface area contributed by atoms with Crippen LogP contribution in [0.4, 0.5) is 0 Å². The Kier molecular flexibility index (Phi) is 10.7. The normalized spacial score (nSPS) is 26.2. The first-order valence-electron chi connectivity index (χ1n) is 14.0. The summed E-state index contributed by atoms with van der Waals surface area (Å²) in [5, 5.41) is 11.4. The number of aliphatic hydroxyl groups is 1. The maximum atomic E-state index is 13.9. The third kappa shape index (κ3) is 7.72. The molecule has 2 rings (SSSR count). The Hall–Kier alpha value is -2.73. The molecule has 2 aliphatic rings. The Morgan fingerprint density at radius 2 is 1.52 bits per heavy atom. The van der Waals surface area contributed by atoms with E-state index in [0.29, 0.717) is 11.4 Å². The first-order chi connectivity index (χ1) is 18.4. The van der Waals surface area contributed by atoms with Gasteiger partial charge in [-0.25, -0.2) is 10.6 Å². The first-order valence-corrected chi connectivity index (χ1v) is 14.0. The summed E-state index contributed by atoms with van der Waals surface area (Å²) in [7, 11) is 0. The van der Waals surface area contributed by atoms with Crippen molar-refractivity contribution < 1.29 is 48.0 Å². The zero-order valence-electron chi connectivity index (χ0n) is 25.0. The second-order valence-corrected chi connectivity index (χ2v) is 12.4. The van der Waals surface area contributed by atoms with E-state index in [1.54, 1.807) is 55.4 Å². The molecule has 0 aliphatic heterocycles. The summed E-state index contributed by atoms with van der Waals surface area (Å²) >= 11 is 0. The molecule has 1 unspecified atom stereocenters. The van der Waals surface area contributed by atoms with Crippen molar-refractivity contribution in [3.8, 4) is 0 Å². The van der Waals surface area contributed by atoms with Crippen LogP contribution in [0, 0.1) is 23.7 Å². The second kappa shape index (κ2) is 12.8. The van der Waals surface area contributed by atoms with Crippen molar-refractivity contribution >= 4 is 29.8 Å². The van der Waals surface area contributed by atoms with Crippen molar-refractivity contribution in [2.45, 2.75) is 110 Å². The Morgan fingerprint density at radius 3 is 2.05 bits per heavy atom. The predicted octanol–water partition coefficient (Wildman–Crippen LogP) is 2.04. The number of unbranched alkanes of at least 4 members (excludes halogenated alkanes) is 1. The quantitative estimate of drug-likeness (QED) is 0.0669. The topological polar surface area (TPSA) is 172 Å². The highest BCUT2D eigenvalue weighted by Gasteiger charge is 2.78. The van der Waals surface area contributed by atoms with Gasteiger partial charge in [0.15, 0.2) is 5.54 Å². The van der Waals surface area contributed by atoms with E-state index in [9.17, 15) is 29.1 Å². The Bertz CT molecular complexity index is 969. The van der Waals surface area contributed by atoms with Gasteiger partial charge in [-0.15, -0.1) is 0 Å². The molecule has 0 saturated heterocycles. The molecular formula is C28H46N2O10. The lowest BCUT2D eigenvalue weighted by Crippen LogP contribution is -2.64. The molecular weight excluding hydrogens is 524 g/mol. The van der Waals surface area contributed by atoms with Crippen LogP contribution in [0.3, 0.4) is 0 Å². The van der Waals surface area contributed by atoms with Gasteiger partial charge in [-0.3, -0.25) is 24.2 Å². The molecule has 0 heterocycles. The van der Waals surface area contributed by atoms with Crippen LogP contribution < -0.4 is 5.84 Å². The molecule has 3 N–H and O–H groups in total. The molecule has 0 bridgehead atoms. The van der Waals surface area contributed by atoms with Crippen LogP contribution in [-0.2, 0) is 42.9 Å². The number of nitrogens with zero attached hydrogens (tertiary/aromatic N) is 1. The minimum atomic E-state index is -1.87. The lowest BCUT2D eigenvalue weighted by atomic mass is 9.87. The van der Waals surface area contributed by atoms with Crippen LogP contribution in [0.25, 0.3) is 0 Å². The van der Waals surface area contributed by atoms with Gasteiger partial charge in [0, 0.05) is 24.7 Å². The maximum Gasteiger partial charge on any atom is 0.334 e. The van der Waals surface area contributed by atoms with Crippen LogP contribution >= 0.6 is 0 Å². The van der Waals surface area contributed by atoms with Crippen LogP contribution in [0.15, 0.2) is 0 Å². The number of fused-ring (bicyclic) bond motifs is 1. The number of ether oxygens (including phenoxy) is 4. The zero-order valence-corrected chi connectivity index (χ0v) is 25.0. The first kappa shape index (κ1) is 33.5. The number of hydrazine groups is 1. The van der Waals surface area contributed by atoms with Gasteiger partial charge in [-0.2, -0.15) is 0 Å². The largest absolute Gasteiger partial charge is 0.466 e. The number of carbonyl (C=O) groups excluding carboxylic acids is 5. The van der Waals surface area contributed by atoms with E-state index >= 15 is 0 Å². The van der Waals surface area contributed by atoms with Gasteiger partial charge >= 0.3 is 23.9 Å². The fraction of sp³-hybridized carbons (Fsp3) is 0.821. The molecule has 0 spiro atoms. The van der Waals surface area contributed by atoms with E-state index < -0.39 is 76.3 Å². The van der Waals surface area contributed by atoms with E-state index in [2.05, 4.69) is 0 Å². The Morgan fingerprint density at radius 1 is 0.950 bits per heavy atom. The molecule has 2 fully saturated rings. The van der Waals surface area contributed by atoms with E-state index in [1.165, 1.54) is 0 Å². The fourth-order valence-electron chi connectivity index (χ4n) is 5.48. The van der Waals surface area contributed by atoms with Crippen molar-refractivity contribution in [2.75, 3.05) is 13.2 Å². The Balaban J connectivity index is 2.32. The highest BCUT2D eigenvalue weighted by molar-refractivity contribution is 6.01. The molecule has 0 aromatic heterocycles. The van der Waals surface area contributed by atoms with Gasteiger partial charge in [-0.05, 0) is 68.2 Å². The minimum absolute atomic E-state index is 0.0128. The van der Waals surface area contributed by atoms with Gasteiger partial charge in [-0.1, -0.05) is 6.42 Å². The molecule has 0 aromatic rings. The lowest BCUT2D eigenvalue weighted by Gasteiger charge is -2.39. The predicted molar refractivity (Wildman–Crippen MR) is 142 cm³/mol. The summed E-state index contributed by atoms with van der Waals surface area (Å²) in [6.45, 7) is 13.5. The fourth-order valence-corrected chi connectivity index (χ4v) is 5.48. The lowest BCUT2D eigenvalue weighted by molar-refractivity contribution is -0.176. The smallest absolute Gasteiger partial charge is 0.334 e. The van der Waals surface area contributed by atoms with Crippen molar-refractivity contribution in [3.05, 3.63) is 0 Å². The van der Waals surface area contributed by atoms with Gasteiger partial charge in [0.1, 0.15) is 17.1 Å². The molecule has 40 heavy (non-hydrogen) atoms. The highest BCUT2D eigenvalue weighted by atomic mass is 16.6. The molecule has 12 heteroatoms. The molecule has 1 amide bonds. The van der Waals surface area contributed by atoms with Crippen molar-refractivity contribution in [1.82, 2.24) is 5.01 Å². The summed E-state index contributed by atoms with van der Waals surface area (Å²) in [6, 6.07) is 0. The summed E-state index contributed by atoms with van der Waals surface area (Å²) in [5.41, 5.74) is -3.42. The molecule has 2 aliphatic carbocycles. The standard InChI is InChI=1S/C28H46N2O10/c1-9-37-24(35)20-19-17(31)15-28(21(19)20,25(36)38-10-2)30(29)22(33)16(23(34)40-27(6,7)8)13-11-12-14-18(32)39-26(3,4)5/h16-17,19-21,31H,9-15,29H2,1-8H3/t16-,17-,19?,20-,21-,28-/m0/s1. The minimum Gasteiger partial charge on any atom is -0.466 e. The average Bonchev–Trinajstić information content (AvgIpc) is 3.48. The highest BCUT2D eigenvalue weighted by Crippen LogP contribution is 2.64. The molecule has 2 saturated carbocycles. The molecule has 0 aromatic carbocycles. The van der Waals surface area contributed by atoms with E-state index in [1.807, 2.05) is 0 Å². The number of aliphatic hydroxyl groups excluding tert-OH is 1. The van der Waals surface area contributed by atoms with Crippen LogP contribution in [0.1, 0.15) is 87.5 Å². The summed E-state index contributed by atoms with van der Waals surface area (Å²) in [5.74, 6) is -0.958. The Labute approximate surface area is 236 Å². The van der Waals surface area contributed by atoms with Gasteiger partial charge in [0.2, 0.25) is 0 Å². The zero-order chi connectivity index (χ0) is 30.6. The number of esters is 4. The summed E-state index contributed by atoms with van der Waals surface area (Å²) < 4.78 is 21.2. The van der Waals surface area contributed by atoms with Gasteiger partial charge in [0.25, 0.3) is 5.91 Å². The third-order valence-electron chi connectivity index (χ3n) is 6.98. The average molecular weight is 571 g/mol. The summed E-state index contributed by atoms with van der Waals surface area (Å²) in [4.78, 5) is 65.1. The number of nitrogens with two attached hydrogens (primary N) is 1. The van der Waals surface area contributed by atoms with E-state index in [4.69, 9.17) is 24.8 Å². The number of hydrogen-bond donors (Lipinski definition) is 2. The van der Waals surface area contributed by atoms with Crippen molar-refractivity contribution in [1.29, 1.82) is 0 Å². The van der Waals surface area contributed by atoms with E-state index in [-0.39, 0.29) is 38.9 Å². The SMILES string of the molecule is CCOC(=O)[C@H]1C2[C@@H](O)C[C@](C(=O)OCC)(N(N)C(=O)[C@H](CCCCC(=O)OC(C)(C)C)C(=O)OC(C)(C)C)[C@@H]21. The van der Waals surface area contributed by atoms with Gasteiger partial charge < -0.3 is 24.1 Å². The molecule has 0 radical (unpaired) electrons. The van der Waals surface area contributed by atoms with Gasteiger partial charge in [0.05, 0.1) is 25.2 Å². The van der Waals surface area contributed by atoms with Crippen LogP contribution in [-0.4, -0.2) is 76.0 Å². The molecule has 6 atom stereocenters. The summed E-state index contributed by atoms with van der Waals surface area (Å²) in [6.07, 6.45) is -0.668. The maximum absolute atomic E-state index is 13.9.